The van der Waals surface area contributed by atoms with Gasteiger partial charge < -0.3 is 24.4 Å². The molecule has 1 saturated heterocycles. The van der Waals surface area contributed by atoms with Crippen molar-refractivity contribution in [3.8, 4) is 0 Å². The topological polar surface area (TPSA) is 68.2 Å². The summed E-state index contributed by atoms with van der Waals surface area (Å²) in [5.41, 5.74) is 0. The number of aliphatic hydroxyl groups is 2. The molecule has 1 aliphatic heterocycles. The first kappa shape index (κ1) is 36.7. The number of hydrogen-bond donors (Lipinski definition) is 2. The molecular weight excluding hydrogens is 528 g/mol. The van der Waals surface area contributed by atoms with Crippen LogP contribution in [0.25, 0.3) is 0 Å². The summed E-state index contributed by atoms with van der Waals surface area (Å²) >= 11 is 11.0. The third kappa shape index (κ3) is 19.4. The summed E-state index contributed by atoms with van der Waals surface area (Å²) in [6, 6.07) is 0. The van der Waals surface area contributed by atoms with Crippen molar-refractivity contribution in [1.29, 1.82) is 0 Å². The molecule has 0 aromatic carbocycles. The summed E-state index contributed by atoms with van der Waals surface area (Å²) in [5, 5.41) is 21.4. The lowest BCUT2D eigenvalue weighted by Gasteiger charge is -2.27. The van der Waals surface area contributed by atoms with Crippen LogP contribution in [-0.2, 0) is 14.2 Å². The number of unbranched alkanes of at least 4 members (excludes halogenated alkanes) is 18. The fourth-order valence-corrected chi connectivity index (χ4v) is 5.62. The van der Waals surface area contributed by atoms with E-state index in [2.05, 4.69) is 13.8 Å². The molecule has 0 aromatic rings. The Kier molecular flexibility index (Phi) is 23.9. The van der Waals surface area contributed by atoms with Gasteiger partial charge in [-0.1, -0.05) is 129 Å². The first-order valence-corrected chi connectivity index (χ1v) is 17.1. The fraction of sp³-hybridized carbons (Fsp3) is 0.938. The molecule has 0 aromatic heterocycles. The molecule has 0 unspecified atom stereocenters. The van der Waals surface area contributed by atoms with Crippen LogP contribution in [0.3, 0.4) is 0 Å². The molecule has 0 saturated carbocycles. The van der Waals surface area contributed by atoms with Gasteiger partial charge in [-0.15, -0.1) is 0 Å². The second-order valence-electron chi connectivity index (χ2n) is 11.4. The highest BCUT2D eigenvalue weighted by Crippen LogP contribution is 2.22. The van der Waals surface area contributed by atoms with E-state index in [1.165, 1.54) is 103 Å². The van der Waals surface area contributed by atoms with Crippen LogP contribution in [0.4, 0.5) is 0 Å². The van der Waals surface area contributed by atoms with Crippen LogP contribution in [0.2, 0.25) is 0 Å². The Morgan fingerprint density at radius 3 is 1.49 bits per heavy atom. The Balaban J connectivity index is 2.23. The van der Waals surface area contributed by atoms with Crippen LogP contribution in [-0.4, -0.2) is 57.9 Å². The smallest absolute Gasteiger partial charge is 0.162 e. The molecular formula is C32H60O5S2. The zero-order valence-corrected chi connectivity index (χ0v) is 26.8. The average molecular weight is 589 g/mol. The molecule has 230 valence electrons. The van der Waals surface area contributed by atoms with Crippen molar-refractivity contribution >= 4 is 34.5 Å². The molecule has 5 nitrogen and oxygen atoms in total. The lowest BCUT2D eigenvalue weighted by atomic mass is 10.1. The van der Waals surface area contributed by atoms with Crippen molar-refractivity contribution in [2.45, 2.75) is 180 Å². The SMILES string of the molecule is CCCCCCCCCCCCC(=S)OC[C@H](OC(=S)CCCCCCCCCCCC)[C@@H]1OC[C@@H](O)[C@@H]1O. The molecule has 0 radical (unpaired) electrons. The van der Waals surface area contributed by atoms with Gasteiger partial charge in [0.05, 0.1) is 6.61 Å². The van der Waals surface area contributed by atoms with E-state index in [9.17, 15) is 10.2 Å². The fourth-order valence-electron chi connectivity index (χ4n) is 5.14. The van der Waals surface area contributed by atoms with Crippen LogP contribution in [0.1, 0.15) is 155 Å². The van der Waals surface area contributed by atoms with Gasteiger partial charge in [0.1, 0.15) is 24.9 Å². The Morgan fingerprint density at radius 2 is 1.08 bits per heavy atom. The van der Waals surface area contributed by atoms with E-state index in [0.29, 0.717) is 16.5 Å². The number of aliphatic hydroxyl groups excluding tert-OH is 2. The minimum absolute atomic E-state index is 0.0833. The quantitative estimate of drug-likeness (QED) is 0.0773. The maximum atomic E-state index is 10.4. The molecule has 1 rings (SSSR count). The third-order valence-electron chi connectivity index (χ3n) is 7.72. The van der Waals surface area contributed by atoms with E-state index < -0.39 is 24.4 Å². The maximum absolute atomic E-state index is 10.4. The van der Waals surface area contributed by atoms with Gasteiger partial charge in [0.2, 0.25) is 0 Å². The average Bonchev–Trinajstić information content (AvgIpc) is 3.26. The first-order chi connectivity index (χ1) is 19.0. The molecule has 2 N–H and O–H groups in total. The largest absolute Gasteiger partial charge is 0.483 e. The number of thiocarbonyl (C=S) groups is 2. The Hall–Kier alpha value is -0.340. The first-order valence-electron chi connectivity index (χ1n) is 16.3. The van der Waals surface area contributed by atoms with Crippen LogP contribution in [0.5, 0.6) is 0 Å². The van der Waals surface area contributed by atoms with E-state index in [-0.39, 0.29) is 13.2 Å². The highest BCUT2D eigenvalue weighted by Gasteiger charge is 2.41. The minimum Gasteiger partial charge on any atom is -0.483 e. The lowest BCUT2D eigenvalue weighted by molar-refractivity contribution is -0.0600. The van der Waals surface area contributed by atoms with Gasteiger partial charge in [0, 0.05) is 12.8 Å². The van der Waals surface area contributed by atoms with E-state index in [0.717, 1.165) is 32.1 Å². The second-order valence-corrected chi connectivity index (χ2v) is 12.3. The molecule has 0 amide bonds. The Labute approximate surface area is 251 Å². The van der Waals surface area contributed by atoms with Gasteiger partial charge in [-0.2, -0.15) is 0 Å². The van der Waals surface area contributed by atoms with Crippen molar-refractivity contribution in [2.24, 2.45) is 0 Å². The van der Waals surface area contributed by atoms with Crippen molar-refractivity contribution in [2.75, 3.05) is 13.2 Å². The van der Waals surface area contributed by atoms with E-state index in [1.54, 1.807) is 0 Å². The predicted octanol–water partition coefficient (Wildman–Crippen LogP) is 8.79. The van der Waals surface area contributed by atoms with Crippen LogP contribution in [0, 0.1) is 0 Å². The van der Waals surface area contributed by atoms with Crippen LogP contribution in [0.15, 0.2) is 0 Å². The monoisotopic (exact) mass is 588 g/mol. The summed E-state index contributed by atoms with van der Waals surface area (Å²) in [6.07, 6.45) is 23.8. The van der Waals surface area contributed by atoms with Crippen molar-refractivity contribution in [3.63, 3.8) is 0 Å². The second kappa shape index (κ2) is 25.4. The summed E-state index contributed by atoms with van der Waals surface area (Å²) < 4.78 is 17.5. The number of hydrogen-bond acceptors (Lipinski definition) is 7. The molecule has 39 heavy (non-hydrogen) atoms. The normalized spacial score (nSPS) is 19.7. The number of ether oxygens (including phenoxy) is 3. The summed E-state index contributed by atoms with van der Waals surface area (Å²) in [6.45, 7) is 4.76. The molecule has 0 aliphatic carbocycles. The van der Waals surface area contributed by atoms with Gasteiger partial charge in [-0.25, -0.2) is 0 Å². The van der Waals surface area contributed by atoms with E-state index >= 15 is 0 Å². The molecule has 7 heteroatoms. The zero-order chi connectivity index (χ0) is 28.6. The standard InChI is InChI=1S/C32H60O5S2/c1-3-5-7-9-11-13-15-17-19-21-23-29(38)35-26-28(32-31(34)27(33)25-36-32)37-30(39)24-22-20-18-16-14-12-10-8-6-4-2/h27-28,31-34H,3-26H2,1-2H3/t27-,28+,31+,32+/m1/s1. The van der Waals surface area contributed by atoms with E-state index in [1.807, 2.05) is 0 Å². The third-order valence-corrected chi connectivity index (χ3v) is 8.34. The Morgan fingerprint density at radius 1 is 0.667 bits per heavy atom. The van der Waals surface area contributed by atoms with Gasteiger partial charge in [0.15, 0.2) is 16.2 Å². The molecule has 1 heterocycles. The van der Waals surface area contributed by atoms with Crippen molar-refractivity contribution in [3.05, 3.63) is 0 Å². The molecule has 0 spiro atoms. The predicted molar refractivity (Wildman–Crippen MR) is 171 cm³/mol. The Bertz CT molecular complexity index is 603. The van der Waals surface area contributed by atoms with Gasteiger partial charge in [0.25, 0.3) is 0 Å². The highest BCUT2D eigenvalue weighted by molar-refractivity contribution is 7.80. The van der Waals surface area contributed by atoms with Crippen molar-refractivity contribution in [1.82, 2.24) is 0 Å². The van der Waals surface area contributed by atoms with Gasteiger partial charge in [-0.3, -0.25) is 0 Å². The van der Waals surface area contributed by atoms with Gasteiger partial charge >= 0.3 is 0 Å². The van der Waals surface area contributed by atoms with E-state index in [4.69, 9.17) is 38.6 Å². The molecule has 0 bridgehead atoms. The lowest BCUT2D eigenvalue weighted by Crippen LogP contribution is -2.43. The number of rotatable bonds is 26. The molecule has 1 fully saturated rings. The molecule has 4 atom stereocenters. The maximum Gasteiger partial charge on any atom is 0.162 e. The van der Waals surface area contributed by atoms with Crippen LogP contribution >= 0.6 is 24.4 Å². The zero-order valence-electron chi connectivity index (χ0n) is 25.2. The highest BCUT2D eigenvalue weighted by atomic mass is 32.1. The minimum atomic E-state index is -1.02. The summed E-state index contributed by atoms with van der Waals surface area (Å²) in [7, 11) is 0. The van der Waals surface area contributed by atoms with Gasteiger partial charge in [-0.05, 0) is 37.3 Å². The summed E-state index contributed by atoms with van der Waals surface area (Å²) in [5.74, 6) is 0. The molecule has 1 aliphatic rings. The van der Waals surface area contributed by atoms with Crippen LogP contribution < -0.4 is 0 Å². The summed E-state index contributed by atoms with van der Waals surface area (Å²) in [4.78, 5) is 0. The van der Waals surface area contributed by atoms with Crippen molar-refractivity contribution < 1.29 is 24.4 Å².